The number of sulfonamides is 1. The van der Waals surface area contributed by atoms with Crippen molar-refractivity contribution in [3.05, 3.63) is 131 Å². The van der Waals surface area contributed by atoms with Crippen LogP contribution >= 0.6 is 0 Å². The van der Waals surface area contributed by atoms with E-state index in [-0.39, 0.29) is 31.2 Å². The van der Waals surface area contributed by atoms with Crippen molar-refractivity contribution in [2.24, 2.45) is 0 Å². The molecule has 0 spiro atoms. The molecule has 0 saturated carbocycles. The zero-order valence-electron chi connectivity index (χ0n) is 27.1. The highest BCUT2D eigenvalue weighted by Gasteiger charge is 2.53. The fraction of sp³-hybridized carbons (Fsp3) is 0.297. The van der Waals surface area contributed by atoms with Crippen LogP contribution in [0, 0.1) is 13.8 Å². The summed E-state index contributed by atoms with van der Waals surface area (Å²) < 4.78 is 41.0. The van der Waals surface area contributed by atoms with Gasteiger partial charge in [-0.1, -0.05) is 96.1 Å². The lowest BCUT2D eigenvalue weighted by atomic mass is 9.98. The van der Waals surface area contributed by atoms with E-state index in [0.717, 1.165) is 22.3 Å². The number of anilines is 1. The highest BCUT2D eigenvalue weighted by molar-refractivity contribution is 7.92. The Morgan fingerprint density at radius 2 is 1.34 bits per heavy atom. The van der Waals surface area contributed by atoms with Crippen LogP contribution in [0.5, 0.6) is 0 Å². The largest absolute Gasteiger partial charge is 0.465 e. The second-order valence-corrected chi connectivity index (χ2v) is 13.2. The predicted molar refractivity (Wildman–Crippen MR) is 181 cm³/mol. The number of nitrogens with zero attached hydrogens (tertiary/aromatic N) is 2. The molecule has 0 unspecified atom stereocenters. The molecule has 246 valence electrons. The number of hydrogen-bond donors (Lipinski definition) is 1. The number of carbonyl (C=O) groups excluding carboxylic acids is 2. The van der Waals surface area contributed by atoms with Gasteiger partial charge in [-0.2, -0.15) is 0 Å². The topological polar surface area (TPSA) is 105 Å². The van der Waals surface area contributed by atoms with Gasteiger partial charge < -0.3 is 9.47 Å². The lowest BCUT2D eigenvalue weighted by Crippen LogP contribution is -2.41. The summed E-state index contributed by atoms with van der Waals surface area (Å²) in [6.45, 7) is 7.83. The molecule has 5 rings (SSSR count). The van der Waals surface area contributed by atoms with Gasteiger partial charge >= 0.3 is 11.9 Å². The van der Waals surface area contributed by atoms with Gasteiger partial charge in [0.25, 0.3) is 10.0 Å². The van der Waals surface area contributed by atoms with Gasteiger partial charge in [-0.05, 0) is 62.6 Å². The molecule has 1 fully saturated rings. The Bertz CT molecular complexity index is 1780. The van der Waals surface area contributed by atoms with Crippen LogP contribution in [-0.2, 0) is 35.6 Å². The lowest BCUT2D eigenvalue weighted by molar-refractivity contribution is -0.150. The van der Waals surface area contributed by atoms with Gasteiger partial charge in [-0.3, -0.25) is 24.1 Å². The molecule has 0 radical (unpaired) electrons. The minimum atomic E-state index is -3.92. The molecule has 1 saturated heterocycles. The summed E-state index contributed by atoms with van der Waals surface area (Å²) in [5.74, 6) is -0.857. The molecule has 9 nitrogen and oxygen atoms in total. The van der Waals surface area contributed by atoms with E-state index in [1.165, 1.54) is 0 Å². The van der Waals surface area contributed by atoms with Gasteiger partial charge in [-0.25, -0.2) is 8.42 Å². The van der Waals surface area contributed by atoms with Crippen molar-refractivity contribution in [3.8, 4) is 0 Å². The Labute approximate surface area is 277 Å². The van der Waals surface area contributed by atoms with Crippen LogP contribution in [0.2, 0.25) is 0 Å². The molecule has 0 aliphatic carbocycles. The Morgan fingerprint density at radius 1 is 0.745 bits per heavy atom. The number of ether oxygens (including phenoxy) is 2. The average molecular weight is 656 g/mol. The van der Waals surface area contributed by atoms with Crippen LogP contribution in [0.15, 0.2) is 108 Å². The lowest BCUT2D eigenvalue weighted by Gasteiger charge is -2.32. The highest BCUT2D eigenvalue weighted by atomic mass is 32.2. The minimum absolute atomic E-state index is 0.0832. The van der Waals surface area contributed by atoms with Gasteiger partial charge in [0.2, 0.25) is 0 Å². The van der Waals surface area contributed by atoms with Gasteiger partial charge in [0.05, 0.1) is 42.5 Å². The molecule has 1 aliphatic rings. The van der Waals surface area contributed by atoms with Crippen molar-refractivity contribution in [2.75, 3.05) is 24.5 Å². The third-order valence-electron chi connectivity index (χ3n) is 8.22. The Morgan fingerprint density at radius 3 is 1.96 bits per heavy atom. The van der Waals surface area contributed by atoms with Crippen molar-refractivity contribution in [1.82, 2.24) is 9.80 Å². The molecule has 47 heavy (non-hydrogen) atoms. The molecule has 0 aromatic heterocycles. The molecular formula is C37H41N3O6S. The van der Waals surface area contributed by atoms with E-state index in [0.29, 0.717) is 11.3 Å². The molecule has 1 N–H and O–H groups in total. The molecule has 4 aromatic rings. The first-order valence-corrected chi connectivity index (χ1v) is 17.2. The van der Waals surface area contributed by atoms with Crippen molar-refractivity contribution in [1.29, 1.82) is 0 Å². The van der Waals surface area contributed by atoms with Gasteiger partial charge in [0, 0.05) is 6.54 Å². The summed E-state index contributed by atoms with van der Waals surface area (Å²) in [6, 6.07) is 30.0. The Kier molecular flexibility index (Phi) is 10.8. The number of nitrogens with one attached hydrogen (secondary N) is 1. The summed E-state index contributed by atoms with van der Waals surface area (Å²) in [5, 5.41) is 0. The molecule has 4 aromatic carbocycles. The third kappa shape index (κ3) is 7.73. The van der Waals surface area contributed by atoms with Crippen LogP contribution < -0.4 is 4.72 Å². The number of benzene rings is 4. The minimum Gasteiger partial charge on any atom is -0.465 e. The van der Waals surface area contributed by atoms with Crippen LogP contribution in [0.4, 0.5) is 5.69 Å². The smallest absolute Gasteiger partial charge is 0.325 e. The Balaban J connectivity index is 1.66. The first-order valence-electron chi connectivity index (χ1n) is 15.8. The molecule has 10 heteroatoms. The quantitative estimate of drug-likeness (QED) is 0.181. The van der Waals surface area contributed by atoms with Gasteiger partial charge in [0.1, 0.15) is 6.04 Å². The molecule has 1 heterocycles. The van der Waals surface area contributed by atoms with E-state index < -0.39 is 40.2 Å². The van der Waals surface area contributed by atoms with Crippen LogP contribution in [0.25, 0.3) is 0 Å². The number of esters is 2. The molecule has 0 amide bonds. The summed E-state index contributed by atoms with van der Waals surface area (Å²) in [5.41, 5.74) is 4.63. The number of aryl methyl sites for hydroxylation is 2. The summed E-state index contributed by atoms with van der Waals surface area (Å²) in [7, 11) is -3.92. The Hall–Kier alpha value is -4.51. The number of rotatable bonds is 12. The fourth-order valence-corrected chi connectivity index (χ4v) is 7.28. The second-order valence-electron chi connectivity index (χ2n) is 11.6. The van der Waals surface area contributed by atoms with Gasteiger partial charge in [0.15, 0.2) is 0 Å². The van der Waals surface area contributed by atoms with E-state index in [1.54, 1.807) is 44.2 Å². The normalized spacial score (nSPS) is 18.5. The van der Waals surface area contributed by atoms with Crippen LogP contribution in [-0.4, -0.2) is 56.0 Å². The molecule has 0 bridgehead atoms. The number of hydrogen-bond acceptors (Lipinski definition) is 8. The molecular weight excluding hydrogens is 614 g/mol. The SMILES string of the molecule is CCOC(=O)CN1[C@H](c2ccccc2)N(Cc2cc(C)ccc2NS(=O)(=O)c2ccc(C)cc2)[C@H](C(=O)OCC)[C@@H]1c1ccccc1. The van der Waals surface area contributed by atoms with E-state index in [4.69, 9.17) is 9.47 Å². The maximum Gasteiger partial charge on any atom is 0.325 e. The maximum absolute atomic E-state index is 14.0. The molecule has 3 atom stereocenters. The maximum atomic E-state index is 14.0. The molecule has 1 aliphatic heterocycles. The van der Waals surface area contributed by atoms with Crippen molar-refractivity contribution < 1.29 is 27.5 Å². The van der Waals surface area contributed by atoms with E-state index in [9.17, 15) is 18.0 Å². The van der Waals surface area contributed by atoms with Crippen LogP contribution in [0.1, 0.15) is 53.9 Å². The van der Waals surface area contributed by atoms with E-state index >= 15 is 0 Å². The first-order chi connectivity index (χ1) is 22.6. The van der Waals surface area contributed by atoms with Gasteiger partial charge in [-0.15, -0.1) is 0 Å². The highest BCUT2D eigenvalue weighted by Crippen LogP contribution is 2.47. The predicted octanol–water partition coefficient (Wildman–Crippen LogP) is 6.16. The summed E-state index contributed by atoms with van der Waals surface area (Å²) in [4.78, 5) is 31.3. The zero-order valence-corrected chi connectivity index (χ0v) is 27.9. The van der Waals surface area contributed by atoms with Crippen molar-refractivity contribution in [2.45, 2.75) is 57.4 Å². The van der Waals surface area contributed by atoms with E-state index in [2.05, 4.69) is 4.72 Å². The second kappa shape index (κ2) is 14.9. The third-order valence-corrected chi connectivity index (χ3v) is 9.60. The van der Waals surface area contributed by atoms with Crippen molar-refractivity contribution in [3.63, 3.8) is 0 Å². The average Bonchev–Trinajstić information content (AvgIpc) is 3.36. The standard InChI is InChI=1S/C37H41N3O6S/c1-5-45-33(41)25-40-34(28-13-9-7-10-14-28)35(37(42)46-6-2)39(36(40)29-15-11-8-12-16-29)24-30-23-27(4)19-22-32(30)38-47(43,44)31-20-17-26(3)18-21-31/h7-23,34-36,38H,5-6,24-25H2,1-4H3/t34-,35-,36+/m0/s1. The summed E-state index contributed by atoms with van der Waals surface area (Å²) in [6.07, 6.45) is -0.567. The van der Waals surface area contributed by atoms with E-state index in [1.807, 2.05) is 96.4 Å². The zero-order chi connectivity index (χ0) is 33.6. The monoisotopic (exact) mass is 655 g/mol. The fourth-order valence-electron chi connectivity index (χ4n) is 6.18. The van der Waals surface area contributed by atoms with Crippen molar-refractivity contribution >= 4 is 27.6 Å². The van der Waals surface area contributed by atoms with Crippen LogP contribution in [0.3, 0.4) is 0 Å². The first kappa shape index (κ1) is 33.8. The number of carbonyl (C=O) groups is 2. The summed E-state index contributed by atoms with van der Waals surface area (Å²) >= 11 is 0.